The van der Waals surface area contributed by atoms with E-state index in [0.29, 0.717) is 6.04 Å². The minimum Gasteiger partial charge on any atom is -0.475 e. The van der Waals surface area contributed by atoms with Crippen molar-refractivity contribution >= 4 is 0 Å². The summed E-state index contributed by atoms with van der Waals surface area (Å²) in [5.74, 6) is 0.719. The molecule has 1 aliphatic rings. The van der Waals surface area contributed by atoms with Gasteiger partial charge in [0.25, 0.3) is 0 Å². The monoisotopic (exact) mass is 235 g/mol. The van der Waals surface area contributed by atoms with E-state index in [1.807, 2.05) is 26.0 Å². The van der Waals surface area contributed by atoms with E-state index < -0.39 is 0 Å². The Morgan fingerprint density at radius 3 is 3.00 bits per heavy atom. The molecule has 2 rings (SSSR count). The molecule has 94 valence electrons. The summed E-state index contributed by atoms with van der Waals surface area (Å²) in [7, 11) is 2.14. The lowest BCUT2D eigenvalue weighted by atomic mass is 10.1. The molecule has 1 aliphatic heterocycles. The third kappa shape index (κ3) is 3.17. The lowest BCUT2D eigenvalue weighted by Crippen LogP contribution is -2.44. The maximum absolute atomic E-state index is 5.63. The van der Waals surface area contributed by atoms with E-state index in [9.17, 15) is 0 Å². The summed E-state index contributed by atoms with van der Waals surface area (Å²) in [5.41, 5.74) is 1.08. The number of likely N-dealkylation sites (N-methyl/N-ethyl adjacent to an activating group) is 1. The van der Waals surface area contributed by atoms with E-state index >= 15 is 0 Å². The molecule has 0 aliphatic carbocycles. The number of piperazine rings is 1. The van der Waals surface area contributed by atoms with Crippen LogP contribution in [0.2, 0.25) is 0 Å². The molecule has 0 spiro atoms. The van der Waals surface area contributed by atoms with Gasteiger partial charge in [-0.1, -0.05) is 6.07 Å². The molecule has 1 saturated heterocycles. The van der Waals surface area contributed by atoms with Crippen molar-refractivity contribution < 1.29 is 4.74 Å². The van der Waals surface area contributed by atoms with Gasteiger partial charge in [0.1, 0.15) is 0 Å². The van der Waals surface area contributed by atoms with Crippen LogP contribution in [0.1, 0.15) is 25.6 Å². The van der Waals surface area contributed by atoms with Crippen molar-refractivity contribution in [1.82, 2.24) is 15.2 Å². The van der Waals surface area contributed by atoms with E-state index in [1.165, 1.54) is 0 Å². The number of hydrogen-bond acceptors (Lipinski definition) is 4. The Bertz CT molecular complexity index is 367. The van der Waals surface area contributed by atoms with Gasteiger partial charge in [-0.3, -0.25) is 4.90 Å². The van der Waals surface area contributed by atoms with Gasteiger partial charge < -0.3 is 10.1 Å². The molecule has 0 aromatic carbocycles. The number of rotatable bonds is 3. The van der Waals surface area contributed by atoms with Crippen molar-refractivity contribution in [1.29, 1.82) is 0 Å². The Hall–Kier alpha value is -1.13. The normalized spacial score (nSPS) is 21.8. The fourth-order valence-corrected chi connectivity index (χ4v) is 2.06. The number of nitrogens with zero attached hydrogens (tertiary/aromatic N) is 2. The first-order chi connectivity index (χ1) is 8.16. The number of hydrogen-bond donors (Lipinski definition) is 1. The van der Waals surface area contributed by atoms with Gasteiger partial charge in [0.2, 0.25) is 5.88 Å². The van der Waals surface area contributed by atoms with Crippen molar-refractivity contribution in [2.45, 2.75) is 26.0 Å². The first-order valence-corrected chi connectivity index (χ1v) is 6.21. The fourth-order valence-electron chi connectivity index (χ4n) is 2.06. The van der Waals surface area contributed by atoms with Crippen molar-refractivity contribution in [3.63, 3.8) is 0 Å². The van der Waals surface area contributed by atoms with E-state index in [2.05, 4.69) is 28.3 Å². The zero-order chi connectivity index (χ0) is 12.3. The topological polar surface area (TPSA) is 37.4 Å². The maximum atomic E-state index is 5.63. The van der Waals surface area contributed by atoms with Crippen LogP contribution in [-0.2, 0) is 0 Å². The molecule has 4 heteroatoms. The molecule has 0 amide bonds. The van der Waals surface area contributed by atoms with Gasteiger partial charge in [0.15, 0.2) is 0 Å². The molecule has 0 saturated carbocycles. The van der Waals surface area contributed by atoms with Gasteiger partial charge in [-0.05, 0) is 27.0 Å². The molecule has 4 nitrogen and oxygen atoms in total. The summed E-state index contributed by atoms with van der Waals surface area (Å²) < 4.78 is 5.63. The second-order valence-electron chi connectivity index (χ2n) is 4.77. The minimum atomic E-state index is 0.167. The van der Waals surface area contributed by atoms with Crippen LogP contribution in [0.4, 0.5) is 0 Å². The third-order valence-corrected chi connectivity index (χ3v) is 2.95. The van der Waals surface area contributed by atoms with Gasteiger partial charge in [-0.15, -0.1) is 0 Å². The summed E-state index contributed by atoms with van der Waals surface area (Å²) in [4.78, 5) is 6.91. The van der Waals surface area contributed by atoms with Crippen LogP contribution in [0.25, 0.3) is 0 Å². The van der Waals surface area contributed by atoms with Crippen LogP contribution in [0.15, 0.2) is 18.2 Å². The summed E-state index contributed by atoms with van der Waals surface area (Å²) in [5, 5.41) is 3.40. The van der Waals surface area contributed by atoms with Crippen LogP contribution in [0, 0.1) is 0 Å². The van der Waals surface area contributed by atoms with E-state index in [-0.39, 0.29) is 6.10 Å². The second kappa shape index (κ2) is 5.47. The van der Waals surface area contributed by atoms with Gasteiger partial charge >= 0.3 is 0 Å². The van der Waals surface area contributed by atoms with Gasteiger partial charge in [-0.25, -0.2) is 4.98 Å². The number of aromatic nitrogens is 1. The molecule has 1 aromatic heterocycles. The highest BCUT2D eigenvalue weighted by Gasteiger charge is 2.21. The molecule has 2 heterocycles. The Kier molecular flexibility index (Phi) is 3.97. The summed E-state index contributed by atoms with van der Waals surface area (Å²) in [6, 6.07) is 6.35. The van der Waals surface area contributed by atoms with Crippen LogP contribution < -0.4 is 10.1 Å². The predicted molar refractivity (Wildman–Crippen MR) is 68.2 cm³/mol. The first-order valence-electron chi connectivity index (χ1n) is 6.21. The quantitative estimate of drug-likeness (QED) is 0.860. The molecule has 1 atom stereocenters. The van der Waals surface area contributed by atoms with Crippen molar-refractivity contribution in [2.24, 2.45) is 0 Å². The van der Waals surface area contributed by atoms with Crippen molar-refractivity contribution in [3.8, 4) is 5.88 Å². The molecule has 1 unspecified atom stereocenters. The summed E-state index contributed by atoms with van der Waals surface area (Å²) in [6.07, 6.45) is 0.167. The van der Waals surface area contributed by atoms with E-state index in [1.54, 1.807) is 0 Å². The van der Waals surface area contributed by atoms with Gasteiger partial charge in [0.05, 0.1) is 17.8 Å². The molecule has 17 heavy (non-hydrogen) atoms. The Morgan fingerprint density at radius 1 is 1.47 bits per heavy atom. The van der Waals surface area contributed by atoms with E-state index in [4.69, 9.17) is 4.74 Å². The fraction of sp³-hybridized carbons (Fsp3) is 0.615. The molecule has 1 aromatic rings. The zero-order valence-electron chi connectivity index (χ0n) is 10.8. The standard InChI is InChI=1S/C13H21N3O/c1-10(2)17-13-6-4-5-11(15-13)12-9-14-7-8-16(12)3/h4-6,10,12,14H,7-9H2,1-3H3. The first kappa shape index (κ1) is 12.3. The van der Waals surface area contributed by atoms with Crippen LogP contribution >= 0.6 is 0 Å². The molecular formula is C13H21N3O. The average molecular weight is 235 g/mol. The summed E-state index contributed by atoms with van der Waals surface area (Å²) >= 11 is 0. The summed E-state index contributed by atoms with van der Waals surface area (Å²) in [6.45, 7) is 7.09. The molecule has 0 bridgehead atoms. The van der Waals surface area contributed by atoms with E-state index in [0.717, 1.165) is 31.2 Å². The molecule has 0 radical (unpaired) electrons. The van der Waals surface area contributed by atoms with Crippen molar-refractivity contribution in [2.75, 3.05) is 26.7 Å². The van der Waals surface area contributed by atoms with Crippen LogP contribution in [0.5, 0.6) is 5.88 Å². The molecular weight excluding hydrogens is 214 g/mol. The van der Waals surface area contributed by atoms with Gasteiger partial charge in [-0.2, -0.15) is 0 Å². The van der Waals surface area contributed by atoms with Crippen LogP contribution in [-0.4, -0.2) is 42.7 Å². The highest BCUT2D eigenvalue weighted by Crippen LogP contribution is 2.21. The Labute approximate surface area is 103 Å². The lowest BCUT2D eigenvalue weighted by Gasteiger charge is -2.32. The number of nitrogens with one attached hydrogen (secondary N) is 1. The number of ether oxygens (including phenoxy) is 1. The zero-order valence-corrected chi connectivity index (χ0v) is 10.8. The molecule has 1 N–H and O–H groups in total. The molecule has 1 fully saturated rings. The number of pyridine rings is 1. The predicted octanol–water partition coefficient (Wildman–Crippen LogP) is 1.44. The Morgan fingerprint density at radius 2 is 2.29 bits per heavy atom. The van der Waals surface area contributed by atoms with Gasteiger partial charge in [0, 0.05) is 25.7 Å². The largest absolute Gasteiger partial charge is 0.475 e. The minimum absolute atomic E-state index is 0.167. The second-order valence-corrected chi connectivity index (χ2v) is 4.77. The lowest BCUT2D eigenvalue weighted by molar-refractivity contribution is 0.193. The highest BCUT2D eigenvalue weighted by molar-refractivity contribution is 5.19. The van der Waals surface area contributed by atoms with Crippen molar-refractivity contribution in [3.05, 3.63) is 23.9 Å². The van der Waals surface area contributed by atoms with Crippen LogP contribution in [0.3, 0.4) is 0 Å². The Balaban J connectivity index is 2.14. The third-order valence-electron chi connectivity index (χ3n) is 2.95. The SMILES string of the molecule is CC(C)Oc1cccc(C2CNCCN2C)n1. The maximum Gasteiger partial charge on any atom is 0.213 e. The smallest absolute Gasteiger partial charge is 0.213 e. The average Bonchev–Trinajstić information content (AvgIpc) is 2.29. The highest BCUT2D eigenvalue weighted by atomic mass is 16.5.